The lowest BCUT2D eigenvalue weighted by Crippen LogP contribution is -2.45. The van der Waals surface area contributed by atoms with Gasteiger partial charge in [0.1, 0.15) is 5.82 Å². The molecule has 142 valence electrons. The number of hydrogen-bond acceptors (Lipinski definition) is 6. The van der Waals surface area contributed by atoms with Crippen molar-refractivity contribution in [3.63, 3.8) is 0 Å². The van der Waals surface area contributed by atoms with E-state index < -0.39 is 12.2 Å². The Morgan fingerprint density at radius 1 is 1.37 bits per heavy atom. The number of aromatic nitrogens is 2. The van der Waals surface area contributed by atoms with Crippen LogP contribution in [0.4, 0.5) is 15.8 Å². The van der Waals surface area contributed by atoms with Crippen LogP contribution in [-0.2, 0) is 13.1 Å². The van der Waals surface area contributed by atoms with Gasteiger partial charge >= 0.3 is 0 Å². The predicted molar refractivity (Wildman–Crippen MR) is 99.6 cm³/mol. The van der Waals surface area contributed by atoms with Crippen molar-refractivity contribution in [1.29, 1.82) is 5.26 Å². The molecule has 2 aliphatic rings. The summed E-state index contributed by atoms with van der Waals surface area (Å²) in [5.41, 5.74) is 2.59. The van der Waals surface area contributed by atoms with E-state index in [1.165, 1.54) is 18.2 Å². The Kier molecular flexibility index (Phi) is 4.91. The third kappa shape index (κ3) is 3.58. The molecular weight excluding hydrogens is 371 g/mol. The summed E-state index contributed by atoms with van der Waals surface area (Å²) in [5, 5.41) is 27.1. The number of fused-ring (bicyclic) bond motifs is 1. The molecule has 0 aliphatic carbocycles. The van der Waals surface area contributed by atoms with E-state index in [1.54, 1.807) is 0 Å². The SMILES string of the molecule is N#CC1CCN(c2cnn3c2CN(C(O)Nc2ccc(F)c(Cl)c2)CC3)C1. The van der Waals surface area contributed by atoms with Crippen LogP contribution in [0, 0.1) is 23.1 Å². The Morgan fingerprint density at radius 2 is 2.22 bits per heavy atom. The third-order valence-corrected chi connectivity index (χ3v) is 5.44. The number of nitriles is 1. The Balaban J connectivity index is 1.47. The molecule has 3 heterocycles. The van der Waals surface area contributed by atoms with Gasteiger partial charge in [-0.3, -0.25) is 9.58 Å². The van der Waals surface area contributed by atoms with Crippen LogP contribution in [0.5, 0.6) is 0 Å². The smallest absolute Gasteiger partial charge is 0.184 e. The van der Waals surface area contributed by atoms with Crippen molar-refractivity contribution >= 4 is 23.0 Å². The monoisotopic (exact) mass is 390 g/mol. The summed E-state index contributed by atoms with van der Waals surface area (Å²) in [6.45, 7) is 3.35. The van der Waals surface area contributed by atoms with Crippen LogP contribution in [-0.4, -0.2) is 45.8 Å². The van der Waals surface area contributed by atoms with Gasteiger partial charge in [-0.25, -0.2) is 4.39 Å². The Bertz CT molecular complexity index is 881. The fourth-order valence-electron chi connectivity index (χ4n) is 3.63. The first-order valence-corrected chi connectivity index (χ1v) is 9.26. The number of hydrogen-bond donors (Lipinski definition) is 2. The van der Waals surface area contributed by atoms with Crippen molar-refractivity contribution in [2.75, 3.05) is 29.9 Å². The zero-order chi connectivity index (χ0) is 19.0. The zero-order valence-corrected chi connectivity index (χ0v) is 15.4. The van der Waals surface area contributed by atoms with E-state index in [4.69, 9.17) is 16.9 Å². The molecule has 2 aliphatic heterocycles. The van der Waals surface area contributed by atoms with Gasteiger partial charge in [0.25, 0.3) is 0 Å². The molecule has 1 saturated heterocycles. The first-order chi connectivity index (χ1) is 13.0. The molecule has 4 rings (SSSR count). The summed E-state index contributed by atoms with van der Waals surface area (Å²) in [5.74, 6) is -0.444. The number of aliphatic hydroxyl groups excluding tert-OH is 1. The Labute approximate surface area is 161 Å². The molecule has 0 amide bonds. The molecule has 0 bridgehead atoms. The van der Waals surface area contributed by atoms with E-state index in [0.29, 0.717) is 31.9 Å². The van der Waals surface area contributed by atoms with E-state index in [0.717, 1.165) is 24.3 Å². The lowest BCUT2D eigenvalue weighted by atomic mass is 10.1. The minimum atomic E-state index is -0.937. The van der Waals surface area contributed by atoms with Crippen LogP contribution < -0.4 is 10.2 Å². The van der Waals surface area contributed by atoms with Crippen molar-refractivity contribution in [3.05, 3.63) is 40.9 Å². The van der Waals surface area contributed by atoms with Gasteiger partial charge in [-0.15, -0.1) is 0 Å². The summed E-state index contributed by atoms with van der Waals surface area (Å²) >= 11 is 5.80. The van der Waals surface area contributed by atoms with E-state index in [-0.39, 0.29) is 10.9 Å². The van der Waals surface area contributed by atoms with Crippen LogP contribution in [0.1, 0.15) is 12.1 Å². The largest absolute Gasteiger partial charge is 0.367 e. The average Bonchev–Trinajstić information content (AvgIpc) is 3.30. The summed E-state index contributed by atoms with van der Waals surface area (Å²) in [4.78, 5) is 4.07. The molecule has 0 spiro atoms. The van der Waals surface area contributed by atoms with Gasteiger partial charge in [0.2, 0.25) is 0 Å². The molecule has 7 nitrogen and oxygen atoms in total. The molecule has 1 fully saturated rings. The van der Waals surface area contributed by atoms with Crippen LogP contribution >= 0.6 is 11.6 Å². The van der Waals surface area contributed by atoms with E-state index in [9.17, 15) is 9.50 Å². The molecule has 2 atom stereocenters. The van der Waals surface area contributed by atoms with Gasteiger partial charge < -0.3 is 15.3 Å². The van der Waals surface area contributed by atoms with Gasteiger partial charge in [0.05, 0.1) is 41.1 Å². The highest BCUT2D eigenvalue weighted by molar-refractivity contribution is 6.31. The normalized spacial score (nSPS) is 21.0. The fraction of sp³-hybridized carbons (Fsp3) is 0.444. The van der Waals surface area contributed by atoms with Crippen LogP contribution in [0.2, 0.25) is 5.02 Å². The Morgan fingerprint density at radius 3 is 2.96 bits per heavy atom. The second-order valence-corrected chi connectivity index (χ2v) is 7.28. The molecule has 1 aromatic heterocycles. The van der Waals surface area contributed by atoms with Crippen molar-refractivity contribution in [1.82, 2.24) is 14.7 Å². The fourth-order valence-corrected chi connectivity index (χ4v) is 3.81. The van der Waals surface area contributed by atoms with E-state index in [2.05, 4.69) is 21.4 Å². The topological polar surface area (TPSA) is 80.4 Å². The van der Waals surface area contributed by atoms with Gasteiger partial charge in [-0.05, 0) is 24.6 Å². The molecule has 0 saturated carbocycles. The molecule has 27 heavy (non-hydrogen) atoms. The van der Waals surface area contributed by atoms with Gasteiger partial charge in [0, 0.05) is 31.9 Å². The second kappa shape index (κ2) is 7.35. The predicted octanol–water partition coefficient (Wildman–Crippen LogP) is 2.23. The van der Waals surface area contributed by atoms with Crippen LogP contribution in [0.15, 0.2) is 24.4 Å². The van der Waals surface area contributed by atoms with Crippen molar-refractivity contribution in [2.24, 2.45) is 5.92 Å². The molecule has 2 aromatic rings. The minimum Gasteiger partial charge on any atom is -0.367 e. The minimum absolute atomic E-state index is 0.00675. The summed E-state index contributed by atoms with van der Waals surface area (Å²) in [7, 11) is 0. The van der Waals surface area contributed by atoms with Gasteiger partial charge in [-0.2, -0.15) is 10.4 Å². The van der Waals surface area contributed by atoms with Gasteiger partial charge in [0.15, 0.2) is 6.35 Å². The number of aliphatic hydroxyl groups is 1. The van der Waals surface area contributed by atoms with Crippen molar-refractivity contribution in [3.8, 4) is 6.07 Å². The standard InChI is InChI=1S/C18H20ClFN6O/c19-14-7-13(1-2-15(14)20)23-18(27)25-5-6-26-17(11-25)16(9-22-26)24-4-3-12(8-21)10-24/h1-2,7,9,12,18,23,27H,3-6,10-11H2. The second-order valence-electron chi connectivity index (χ2n) is 6.88. The lowest BCUT2D eigenvalue weighted by Gasteiger charge is -2.33. The molecule has 9 heteroatoms. The van der Waals surface area contributed by atoms with E-state index in [1.807, 2.05) is 15.8 Å². The highest BCUT2D eigenvalue weighted by Crippen LogP contribution is 2.30. The number of nitrogens with zero attached hydrogens (tertiary/aromatic N) is 5. The molecular formula is C18H20ClFN6O. The number of benzene rings is 1. The van der Waals surface area contributed by atoms with Crippen LogP contribution in [0.25, 0.3) is 0 Å². The molecule has 1 aromatic carbocycles. The van der Waals surface area contributed by atoms with Crippen molar-refractivity contribution < 1.29 is 9.50 Å². The summed E-state index contributed by atoms with van der Waals surface area (Å²) < 4.78 is 15.3. The highest BCUT2D eigenvalue weighted by atomic mass is 35.5. The maximum Gasteiger partial charge on any atom is 0.184 e. The lowest BCUT2D eigenvalue weighted by molar-refractivity contribution is 0.00645. The summed E-state index contributed by atoms with van der Waals surface area (Å²) in [6.07, 6.45) is 1.77. The number of anilines is 2. The summed E-state index contributed by atoms with van der Waals surface area (Å²) in [6, 6.07) is 6.58. The highest BCUT2D eigenvalue weighted by Gasteiger charge is 2.30. The van der Waals surface area contributed by atoms with Gasteiger partial charge in [-0.1, -0.05) is 11.6 Å². The average molecular weight is 391 g/mol. The van der Waals surface area contributed by atoms with E-state index >= 15 is 0 Å². The quantitative estimate of drug-likeness (QED) is 0.779. The third-order valence-electron chi connectivity index (χ3n) is 5.15. The first-order valence-electron chi connectivity index (χ1n) is 8.88. The number of nitrogens with one attached hydrogen (secondary N) is 1. The first kappa shape index (κ1) is 18.0. The molecule has 2 N–H and O–H groups in total. The van der Waals surface area contributed by atoms with Crippen molar-refractivity contribution in [2.45, 2.75) is 25.9 Å². The number of halogens is 2. The maximum absolute atomic E-state index is 13.3. The Hall–Kier alpha value is -2.34. The number of rotatable bonds is 4. The molecule has 2 unspecified atom stereocenters. The maximum atomic E-state index is 13.3. The van der Waals surface area contributed by atoms with Crippen LogP contribution in [0.3, 0.4) is 0 Å². The zero-order valence-electron chi connectivity index (χ0n) is 14.6. The molecule has 0 radical (unpaired) electrons.